The van der Waals surface area contributed by atoms with Gasteiger partial charge in [0.05, 0.1) is 5.56 Å². The van der Waals surface area contributed by atoms with Crippen LogP contribution in [0.2, 0.25) is 0 Å². The number of aromatic nitrogens is 3. The van der Waals surface area contributed by atoms with Crippen LogP contribution in [-0.2, 0) is 13.0 Å². The first kappa shape index (κ1) is 14.6. The molecule has 110 valence electrons. The fourth-order valence-corrected chi connectivity index (χ4v) is 4.00. The number of hydrogen-bond acceptors (Lipinski definition) is 4. The number of fused-ring (bicyclic) bond motifs is 1. The van der Waals surface area contributed by atoms with Crippen molar-refractivity contribution in [3.63, 3.8) is 0 Å². The van der Waals surface area contributed by atoms with Crippen molar-refractivity contribution in [1.29, 1.82) is 0 Å². The first-order valence-corrected chi connectivity index (χ1v) is 8.38. The molecule has 0 spiro atoms. The average Bonchev–Trinajstić information content (AvgIpc) is 2.68. The Morgan fingerprint density at radius 2 is 2.10 bits per heavy atom. The van der Waals surface area contributed by atoms with E-state index in [9.17, 15) is 4.79 Å². The van der Waals surface area contributed by atoms with E-state index in [0.29, 0.717) is 0 Å². The van der Waals surface area contributed by atoms with Crippen LogP contribution in [0.25, 0.3) is 0 Å². The zero-order valence-electron chi connectivity index (χ0n) is 11.3. The molecular weight excluding hydrogens is 354 g/mol. The van der Waals surface area contributed by atoms with Gasteiger partial charge in [-0.1, -0.05) is 22.4 Å². The third-order valence-corrected chi connectivity index (χ3v) is 4.82. The fourth-order valence-electron chi connectivity index (χ4n) is 2.38. The van der Waals surface area contributed by atoms with Crippen LogP contribution in [0.5, 0.6) is 0 Å². The van der Waals surface area contributed by atoms with Crippen molar-refractivity contribution in [2.75, 3.05) is 0 Å². The summed E-state index contributed by atoms with van der Waals surface area (Å²) in [5, 5.41) is 18.5. The second kappa shape index (κ2) is 6.19. The Bertz CT molecular complexity index is 687. The van der Waals surface area contributed by atoms with E-state index >= 15 is 0 Å². The van der Waals surface area contributed by atoms with Gasteiger partial charge in [-0.05, 0) is 42.8 Å². The topological polar surface area (TPSA) is 68.0 Å². The van der Waals surface area contributed by atoms with E-state index in [0.717, 1.165) is 46.2 Å². The molecule has 1 aliphatic heterocycles. The molecule has 7 heteroatoms. The molecule has 0 radical (unpaired) electrons. The van der Waals surface area contributed by atoms with Crippen LogP contribution < -0.4 is 0 Å². The first-order valence-electron chi connectivity index (χ1n) is 6.77. The molecule has 3 rings (SSSR count). The van der Waals surface area contributed by atoms with Crippen molar-refractivity contribution in [2.45, 2.75) is 42.3 Å². The summed E-state index contributed by atoms with van der Waals surface area (Å²) in [4.78, 5) is 12.0. The first-order chi connectivity index (χ1) is 10.1. The monoisotopic (exact) mass is 367 g/mol. The van der Waals surface area contributed by atoms with Crippen molar-refractivity contribution in [3.8, 4) is 0 Å². The van der Waals surface area contributed by atoms with E-state index in [4.69, 9.17) is 5.11 Å². The number of aromatic carboxylic acids is 1. The van der Waals surface area contributed by atoms with E-state index in [1.165, 1.54) is 18.2 Å². The maximum Gasteiger partial charge on any atom is 0.335 e. The third-order valence-electron chi connectivity index (χ3n) is 3.40. The highest BCUT2D eigenvalue weighted by Crippen LogP contribution is 2.31. The molecule has 0 saturated heterocycles. The molecular formula is C14H14BrN3O2S. The molecule has 0 saturated carbocycles. The molecule has 0 fully saturated rings. The van der Waals surface area contributed by atoms with Crippen molar-refractivity contribution < 1.29 is 9.90 Å². The summed E-state index contributed by atoms with van der Waals surface area (Å²) in [7, 11) is 0. The van der Waals surface area contributed by atoms with E-state index in [1.807, 2.05) is 6.07 Å². The maximum atomic E-state index is 11.1. The lowest BCUT2D eigenvalue weighted by Crippen LogP contribution is -2.02. The quantitative estimate of drug-likeness (QED) is 0.896. The second-order valence-electron chi connectivity index (χ2n) is 4.94. The molecule has 0 unspecified atom stereocenters. The second-order valence-corrected chi connectivity index (χ2v) is 6.90. The van der Waals surface area contributed by atoms with Crippen LogP contribution in [0.4, 0.5) is 0 Å². The van der Waals surface area contributed by atoms with Gasteiger partial charge in [0.15, 0.2) is 5.16 Å². The van der Waals surface area contributed by atoms with Crippen LogP contribution in [0.3, 0.4) is 0 Å². The molecule has 1 N–H and O–H groups in total. The largest absolute Gasteiger partial charge is 0.478 e. The minimum atomic E-state index is -0.932. The molecule has 2 aromatic rings. The standard InChI is InChI=1S/C14H14BrN3O2S/c15-10-6-9(13(19)20)7-11(8-10)21-14-17-16-12-4-2-1-3-5-18(12)14/h6-8H,1-5H2,(H,19,20). The number of carbonyl (C=O) groups is 1. The summed E-state index contributed by atoms with van der Waals surface area (Å²) in [5.74, 6) is 0.0988. The number of nitrogens with zero attached hydrogens (tertiary/aromatic N) is 3. The Labute approximate surface area is 134 Å². The van der Waals surface area contributed by atoms with Gasteiger partial charge in [0, 0.05) is 22.3 Å². The number of benzene rings is 1. The van der Waals surface area contributed by atoms with Crippen LogP contribution in [0, 0.1) is 0 Å². The molecule has 0 aliphatic carbocycles. The van der Waals surface area contributed by atoms with Gasteiger partial charge < -0.3 is 9.67 Å². The van der Waals surface area contributed by atoms with Crippen molar-refractivity contribution in [3.05, 3.63) is 34.1 Å². The molecule has 5 nitrogen and oxygen atoms in total. The lowest BCUT2D eigenvalue weighted by atomic mass is 10.2. The summed E-state index contributed by atoms with van der Waals surface area (Å²) in [6, 6.07) is 5.16. The Kier molecular flexibility index (Phi) is 4.30. The minimum absolute atomic E-state index is 0.266. The maximum absolute atomic E-state index is 11.1. The van der Waals surface area contributed by atoms with Gasteiger partial charge >= 0.3 is 5.97 Å². The number of aryl methyl sites for hydroxylation is 1. The summed E-state index contributed by atoms with van der Waals surface area (Å²) in [5.41, 5.74) is 0.266. The fraction of sp³-hybridized carbons (Fsp3) is 0.357. The molecule has 2 heterocycles. The van der Waals surface area contributed by atoms with Crippen molar-refractivity contribution in [2.24, 2.45) is 0 Å². The Morgan fingerprint density at radius 3 is 2.90 bits per heavy atom. The van der Waals surface area contributed by atoms with Crippen LogP contribution >= 0.6 is 27.7 Å². The molecule has 1 aromatic carbocycles. The summed E-state index contributed by atoms with van der Waals surface area (Å²) < 4.78 is 2.90. The summed E-state index contributed by atoms with van der Waals surface area (Å²) >= 11 is 4.81. The Balaban J connectivity index is 1.90. The van der Waals surface area contributed by atoms with E-state index in [-0.39, 0.29) is 5.56 Å². The van der Waals surface area contributed by atoms with Crippen LogP contribution in [0.15, 0.2) is 32.7 Å². The third kappa shape index (κ3) is 3.29. The lowest BCUT2D eigenvalue weighted by molar-refractivity contribution is 0.0696. The minimum Gasteiger partial charge on any atom is -0.478 e. The number of hydrogen-bond donors (Lipinski definition) is 1. The molecule has 1 aromatic heterocycles. The van der Waals surface area contributed by atoms with Crippen LogP contribution in [-0.4, -0.2) is 25.8 Å². The van der Waals surface area contributed by atoms with E-state index in [2.05, 4.69) is 30.7 Å². The van der Waals surface area contributed by atoms with Gasteiger partial charge in [0.2, 0.25) is 0 Å². The van der Waals surface area contributed by atoms with Gasteiger partial charge in [0.1, 0.15) is 5.82 Å². The number of carboxylic acids is 1. The highest BCUT2D eigenvalue weighted by atomic mass is 79.9. The van der Waals surface area contributed by atoms with Gasteiger partial charge in [-0.25, -0.2) is 4.79 Å². The number of halogens is 1. The van der Waals surface area contributed by atoms with Crippen molar-refractivity contribution >= 4 is 33.7 Å². The predicted octanol–water partition coefficient (Wildman–Crippen LogP) is 3.62. The predicted molar refractivity (Wildman–Crippen MR) is 82.8 cm³/mol. The lowest BCUT2D eigenvalue weighted by Gasteiger charge is -2.07. The zero-order chi connectivity index (χ0) is 14.8. The SMILES string of the molecule is O=C(O)c1cc(Br)cc(Sc2nnc3n2CCCCC3)c1. The molecule has 0 amide bonds. The number of carboxylic acid groups (broad SMARTS) is 1. The molecule has 21 heavy (non-hydrogen) atoms. The zero-order valence-corrected chi connectivity index (χ0v) is 13.7. The van der Waals surface area contributed by atoms with Crippen molar-refractivity contribution in [1.82, 2.24) is 14.8 Å². The summed E-state index contributed by atoms with van der Waals surface area (Å²) in [6.07, 6.45) is 4.47. The molecule has 1 aliphatic rings. The smallest absolute Gasteiger partial charge is 0.335 e. The molecule has 0 bridgehead atoms. The van der Waals surface area contributed by atoms with Gasteiger partial charge in [-0.15, -0.1) is 10.2 Å². The Hall–Kier alpha value is -1.34. The highest BCUT2D eigenvalue weighted by Gasteiger charge is 2.16. The van der Waals surface area contributed by atoms with E-state index < -0.39 is 5.97 Å². The average molecular weight is 368 g/mol. The normalized spacial score (nSPS) is 14.5. The number of rotatable bonds is 3. The highest BCUT2D eigenvalue weighted by molar-refractivity contribution is 9.10. The van der Waals surface area contributed by atoms with E-state index in [1.54, 1.807) is 12.1 Å². The summed E-state index contributed by atoms with van der Waals surface area (Å²) in [6.45, 7) is 0.935. The van der Waals surface area contributed by atoms with Crippen LogP contribution in [0.1, 0.15) is 35.4 Å². The van der Waals surface area contributed by atoms with Gasteiger partial charge in [-0.3, -0.25) is 0 Å². The Morgan fingerprint density at radius 1 is 1.24 bits per heavy atom. The molecule has 0 atom stereocenters. The van der Waals surface area contributed by atoms with Gasteiger partial charge in [-0.2, -0.15) is 0 Å². The van der Waals surface area contributed by atoms with Gasteiger partial charge in [0.25, 0.3) is 0 Å².